The zero-order valence-corrected chi connectivity index (χ0v) is 11.5. The first-order valence-electron chi connectivity index (χ1n) is 6.22. The van der Waals surface area contributed by atoms with E-state index < -0.39 is 29.5 Å². The summed E-state index contributed by atoms with van der Waals surface area (Å²) in [7, 11) is 0. The summed E-state index contributed by atoms with van der Waals surface area (Å²) in [5.74, 6) is -1.61. The maximum Gasteiger partial charge on any atom is 0.415 e. The van der Waals surface area contributed by atoms with Crippen LogP contribution in [0.3, 0.4) is 0 Å². The molecular formula is C14H16FNO4. The number of amides is 1. The van der Waals surface area contributed by atoms with Crippen LogP contribution in [0.4, 0.5) is 14.9 Å². The maximum absolute atomic E-state index is 13.2. The van der Waals surface area contributed by atoms with Crippen molar-refractivity contribution in [1.29, 1.82) is 0 Å². The Bertz CT molecular complexity index is 565. The first-order chi connectivity index (χ1) is 9.19. The van der Waals surface area contributed by atoms with Crippen LogP contribution in [-0.2, 0) is 16.0 Å². The van der Waals surface area contributed by atoms with E-state index in [4.69, 9.17) is 4.74 Å². The summed E-state index contributed by atoms with van der Waals surface area (Å²) in [4.78, 5) is 24.5. The van der Waals surface area contributed by atoms with E-state index in [1.807, 2.05) is 0 Å². The molecule has 1 aliphatic rings. The van der Waals surface area contributed by atoms with Gasteiger partial charge >= 0.3 is 12.1 Å². The molecule has 108 valence electrons. The van der Waals surface area contributed by atoms with Crippen molar-refractivity contribution in [2.75, 3.05) is 4.90 Å². The monoisotopic (exact) mass is 281 g/mol. The quantitative estimate of drug-likeness (QED) is 0.859. The second-order valence-electron chi connectivity index (χ2n) is 5.68. The molecule has 1 N–H and O–H groups in total. The van der Waals surface area contributed by atoms with Crippen molar-refractivity contribution in [3.05, 3.63) is 29.6 Å². The van der Waals surface area contributed by atoms with Gasteiger partial charge in [0.15, 0.2) is 0 Å². The zero-order chi connectivity index (χ0) is 15.1. The zero-order valence-electron chi connectivity index (χ0n) is 11.5. The highest BCUT2D eigenvalue weighted by molar-refractivity contribution is 5.98. The second-order valence-corrected chi connectivity index (χ2v) is 5.68. The van der Waals surface area contributed by atoms with Crippen molar-refractivity contribution >= 4 is 17.7 Å². The average Bonchev–Trinajstić information content (AvgIpc) is 2.64. The minimum atomic E-state index is -1.15. The Kier molecular flexibility index (Phi) is 3.41. The van der Waals surface area contributed by atoms with Gasteiger partial charge in [-0.2, -0.15) is 0 Å². The molecule has 1 unspecified atom stereocenters. The topological polar surface area (TPSA) is 66.8 Å². The van der Waals surface area contributed by atoms with E-state index in [1.54, 1.807) is 20.8 Å². The molecule has 1 aromatic rings. The molecule has 2 rings (SSSR count). The Morgan fingerprint density at radius 2 is 2.05 bits per heavy atom. The largest absolute Gasteiger partial charge is 0.480 e. The van der Waals surface area contributed by atoms with Crippen LogP contribution in [0.2, 0.25) is 0 Å². The molecule has 6 heteroatoms. The van der Waals surface area contributed by atoms with Crippen molar-refractivity contribution in [2.45, 2.75) is 38.8 Å². The van der Waals surface area contributed by atoms with Gasteiger partial charge in [-0.3, -0.25) is 4.90 Å². The van der Waals surface area contributed by atoms with Gasteiger partial charge in [-0.25, -0.2) is 14.0 Å². The van der Waals surface area contributed by atoms with Crippen molar-refractivity contribution in [1.82, 2.24) is 0 Å². The number of carbonyl (C=O) groups excluding carboxylic acids is 1. The van der Waals surface area contributed by atoms with Crippen molar-refractivity contribution in [2.24, 2.45) is 0 Å². The van der Waals surface area contributed by atoms with Crippen molar-refractivity contribution in [3.63, 3.8) is 0 Å². The highest BCUT2D eigenvalue weighted by atomic mass is 19.1. The SMILES string of the molecule is CC(C)(C)OC(=O)N1c2ccc(F)cc2CC1C(=O)O. The Balaban J connectivity index is 2.38. The standard InChI is InChI=1S/C14H16FNO4/c1-14(2,3)20-13(19)16-10-5-4-9(15)6-8(10)7-11(16)12(17)18/h4-6,11H,7H2,1-3H3,(H,17,18). The van der Waals surface area contributed by atoms with Gasteiger partial charge in [0.25, 0.3) is 0 Å². The highest BCUT2D eigenvalue weighted by Crippen LogP contribution is 2.34. The number of aliphatic carboxylic acids is 1. The second kappa shape index (κ2) is 4.77. The fourth-order valence-corrected chi connectivity index (χ4v) is 2.15. The average molecular weight is 281 g/mol. The molecule has 1 aromatic carbocycles. The van der Waals surface area contributed by atoms with Crippen LogP contribution in [0, 0.1) is 5.82 Å². The Morgan fingerprint density at radius 3 is 2.60 bits per heavy atom. The van der Waals surface area contributed by atoms with Crippen LogP contribution < -0.4 is 4.90 Å². The van der Waals surface area contributed by atoms with Gasteiger partial charge in [-0.1, -0.05) is 0 Å². The minimum Gasteiger partial charge on any atom is -0.480 e. The maximum atomic E-state index is 13.2. The van der Waals surface area contributed by atoms with Crippen LogP contribution in [0.15, 0.2) is 18.2 Å². The number of hydrogen-bond acceptors (Lipinski definition) is 3. The molecule has 0 aromatic heterocycles. The molecule has 1 amide bonds. The lowest BCUT2D eigenvalue weighted by Gasteiger charge is -2.27. The van der Waals surface area contributed by atoms with Gasteiger partial charge in [0.05, 0.1) is 5.69 Å². The number of nitrogens with zero attached hydrogens (tertiary/aromatic N) is 1. The van der Waals surface area contributed by atoms with E-state index in [2.05, 4.69) is 0 Å². The van der Waals surface area contributed by atoms with E-state index >= 15 is 0 Å². The lowest BCUT2D eigenvalue weighted by Crippen LogP contribution is -2.45. The predicted molar refractivity (Wildman–Crippen MR) is 70.2 cm³/mol. The first kappa shape index (κ1) is 14.3. The lowest BCUT2D eigenvalue weighted by atomic mass is 10.1. The third kappa shape index (κ3) is 2.74. The summed E-state index contributed by atoms with van der Waals surface area (Å²) in [6, 6.07) is 2.77. The number of halogens is 1. The Morgan fingerprint density at radius 1 is 1.40 bits per heavy atom. The fourth-order valence-electron chi connectivity index (χ4n) is 2.15. The normalized spacial score (nSPS) is 17.8. The van der Waals surface area contributed by atoms with Gasteiger partial charge in [0.1, 0.15) is 17.5 Å². The lowest BCUT2D eigenvalue weighted by molar-refractivity contribution is -0.138. The van der Waals surface area contributed by atoms with E-state index in [0.29, 0.717) is 11.3 Å². The third-order valence-electron chi connectivity index (χ3n) is 2.90. The summed E-state index contributed by atoms with van der Waals surface area (Å²) < 4.78 is 18.4. The van der Waals surface area contributed by atoms with Crippen LogP contribution in [0.5, 0.6) is 0 Å². The number of hydrogen-bond donors (Lipinski definition) is 1. The molecule has 0 radical (unpaired) electrons. The fraction of sp³-hybridized carbons (Fsp3) is 0.429. The summed E-state index contributed by atoms with van der Waals surface area (Å²) >= 11 is 0. The third-order valence-corrected chi connectivity index (χ3v) is 2.90. The number of carbonyl (C=O) groups is 2. The summed E-state index contributed by atoms with van der Waals surface area (Å²) in [6.45, 7) is 5.09. The van der Waals surface area contributed by atoms with Crippen LogP contribution >= 0.6 is 0 Å². The van der Waals surface area contributed by atoms with E-state index in [9.17, 15) is 19.1 Å². The van der Waals surface area contributed by atoms with Gasteiger partial charge in [-0.15, -0.1) is 0 Å². The first-order valence-corrected chi connectivity index (χ1v) is 6.22. The Labute approximate surface area is 116 Å². The molecule has 0 spiro atoms. The summed E-state index contributed by atoms with van der Waals surface area (Å²) in [5, 5.41) is 9.23. The van der Waals surface area contributed by atoms with Gasteiger partial charge in [0, 0.05) is 6.42 Å². The van der Waals surface area contributed by atoms with Crippen LogP contribution in [0.25, 0.3) is 0 Å². The van der Waals surface area contributed by atoms with Gasteiger partial charge < -0.3 is 9.84 Å². The molecule has 0 aliphatic carbocycles. The number of carboxylic acids is 1. The Hall–Kier alpha value is -2.11. The van der Waals surface area contributed by atoms with Crippen LogP contribution in [0.1, 0.15) is 26.3 Å². The molecule has 1 atom stereocenters. The van der Waals surface area contributed by atoms with E-state index in [1.165, 1.54) is 18.2 Å². The van der Waals surface area contributed by atoms with Gasteiger partial charge in [-0.05, 0) is 44.5 Å². The number of rotatable bonds is 1. The number of ether oxygens (including phenoxy) is 1. The van der Waals surface area contributed by atoms with E-state index in [-0.39, 0.29) is 6.42 Å². The molecule has 0 saturated heterocycles. The number of benzene rings is 1. The smallest absolute Gasteiger partial charge is 0.415 e. The van der Waals surface area contributed by atoms with Gasteiger partial charge in [0.2, 0.25) is 0 Å². The van der Waals surface area contributed by atoms with Crippen LogP contribution in [-0.4, -0.2) is 28.8 Å². The molecule has 1 aliphatic heterocycles. The highest BCUT2D eigenvalue weighted by Gasteiger charge is 2.40. The summed E-state index contributed by atoms with van der Waals surface area (Å²) in [6.07, 6.45) is -0.669. The molecule has 0 saturated carbocycles. The molecule has 5 nitrogen and oxygen atoms in total. The minimum absolute atomic E-state index is 0.0711. The molecule has 0 fully saturated rings. The van der Waals surface area contributed by atoms with Crippen molar-refractivity contribution in [3.8, 4) is 0 Å². The van der Waals surface area contributed by atoms with E-state index in [0.717, 1.165) is 4.90 Å². The molecule has 1 heterocycles. The number of anilines is 1. The number of carboxylic acid groups (broad SMARTS) is 1. The predicted octanol–water partition coefficient (Wildman–Crippen LogP) is 2.58. The molecule has 0 bridgehead atoms. The molecule has 20 heavy (non-hydrogen) atoms. The molecular weight excluding hydrogens is 265 g/mol. The van der Waals surface area contributed by atoms with Crippen molar-refractivity contribution < 1.29 is 23.8 Å². The summed E-state index contributed by atoms with van der Waals surface area (Å²) in [5.41, 5.74) is 0.138. The number of fused-ring (bicyclic) bond motifs is 1.